The molecule has 0 N–H and O–H groups in total. The van der Waals surface area contributed by atoms with Gasteiger partial charge in [0, 0.05) is 18.0 Å². The molecule has 0 aromatic heterocycles. The van der Waals surface area contributed by atoms with Gasteiger partial charge in [-0.3, -0.25) is 4.90 Å². The fourth-order valence-corrected chi connectivity index (χ4v) is 2.82. The van der Waals surface area contributed by atoms with Gasteiger partial charge >= 0.3 is 12.1 Å². The molecule has 0 aliphatic rings. The van der Waals surface area contributed by atoms with Crippen LogP contribution in [0.25, 0.3) is 0 Å². The van der Waals surface area contributed by atoms with Crippen LogP contribution in [0, 0.1) is 0 Å². The maximum absolute atomic E-state index is 12.6. The first-order valence-corrected chi connectivity index (χ1v) is 9.75. The van der Waals surface area contributed by atoms with E-state index < -0.39 is 18.1 Å². The molecule has 5 nitrogen and oxygen atoms in total. The topological polar surface area (TPSA) is 55.8 Å². The lowest BCUT2D eigenvalue weighted by molar-refractivity contribution is -0.149. The number of halogens is 1. The van der Waals surface area contributed by atoms with E-state index in [0.29, 0.717) is 18.0 Å². The van der Waals surface area contributed by atoms with Crippen molar-refractivity contribution in [2.45, 2.75) is 58.9 Å². The molecule has 0 spiro atoms. The summed E-state index contributed by atoms with van der Waals surface area (Å²) in [5, 5.41) is 0.628. The molecule has 26 heavy (non-hydrogen) atoms. The molecule has 0 heterocycles. The van der Waals surface area contributed by atoms with Gasteiger partial charge in [0.25, 0.3) is 0 Å². The maximum atomic E-state index is 12.6. The predicted octanol–water partition coefficient (Wildman–Crippen LogP) is 4.85. The van der Waals surface area contributed by atoms with Gasteiger partial charge in [-0.15, -0.1) is 0 Å². The Balaban J connectivity index is 2.98. The highest BCUT2D eigenvalue weighted by Gasteiger charge is 2.31. The molecule has 1 atom stereocenters. The zero-order valence-corrected chi connectivity index (χ0v) is 16.8. The van der Waals surface area contributed by atoms with Crippen LogP contribution in [0.5, 0.6) is 0 Å². The van der Waals surface area contributed by atoms with Crippen molar-refractivity contribution in [3.05, 3.63) is 34.9 Å². The van der Waals surface area contributed by atoms with Crippen LogP contribution in [0.1, 0.15) is 52.0 Å². The van der Waals surface area contributed by atoms with Crippen molar-refractivity contribution >= 4 is 23.7 Å². The molecule has 1 aromatic rings. The Bertz CT molecular complexity index is 547. The molecule has 1 unspecified atom stereocenters. The number of hydrogen-bond acceptors (Lipinski definition) is 4. The lowest BCUT2D eigenvalue weighted by Crippen LogP contribution is -2.48. The molecule has 0 aliphatic carbocycles. The Labute approximate surface area is 161 Å². The van der Waals surface area contributed by atoms with E-state index in [-0.39, 0.29) is 13.2 Å². The molecule has 146 valence electrons. The molecule has 0 saturated heterocycles. The lowest BCUT2D eigenvalue weighted by Gasteiger charge is -2.29. The minimum Gasteiger partial charge on any atom is -0.464 e. The summed E-state index contributed by atoms with van der Waals surface area (Å²) in [6.07, 6.45) is 3.91. The molecule has 0 saturated carbocycles. The van der Waals surface area contributed by atoms with Crippen LogP contribution in [0.3, 0.4) is 0 Å². The van der Waals surface area contributed by atoms with Crippen LogP contribution >= 0.6 is 11.6 Å². The Morgan fingerprint density at radius 1 is 1.00 bits per heavy atom. The summed E-state index contributed by atoms with van der Waals surface area (Å²) in [4.78, 5) is 26.5. The largest absolute Gasteiger partial charge is 0.464 e. The standard InChI is InChI=1S/C20H30ClNO4/c1-4-7-8-9-14-22(20(24)26-6-3)18(19(23)25-5-2)15-16-10-12-17(21)13-11-16/h10-13,18H,4-9,14-15H2,1-3H3. The van der Waals surface area contributed by atoms with Crippen LogP contribution in [-0.2, 0) is 20.7 Å². The highest BCUT2D eigenvalue weighted by atomic mass is 35.5. The summed E-state index contributed by atoms with van der Waals surface area (Å²) in [5.74, 6) is -0.411. The number of esters is 1. The molecule has 1 aromatic carbocycles. The van der Waals surface area contributed by atoms with Crippen LogP contribution < -0.4 is 0 Å². The molecular weight excluding hydrogens is 354 g/mol. The van der Waals surface area contributed by atoms with Crippen molar-refractivity contribution in [2.24, 2.45) is 0 Å². The van der Waals surface area contributed by atoms with Gasteiger partial charge in [-0.2, -0.15) is 0 Å². The van der Waals surface area contributed by atoms with Gasteiger partial charge in [-0.05, 0) is 38.0 Å². The summed E-state index contributed by atoms with van der Waals surface area (Å²) < 4.78 is 10.4. The zero-order chi connectivity index (χ0) is 19.4. The van der Waals surface area contributed by atoms with E-state index in [0.717, 1.165) is 31.2 Å². The lowest BCUT2D eigenvalue weighted by atomic mass is 10.0. The first-order chi connectivity index (χ1) is 12.5. The third-order valence-electron chi connectivity index (χ3n) is 4.03. The average Bonchev–Trinajstić information content (AvgIpc) is 2.62. The monoisotopic (exact) mass is 383 g/mol. The Kier molecular flexibility index (Phi) is 10.8. The van der Waals surface area contributed by atoms with Gasteiger partial charge in [0.2, 0.25) is 0 Å². The number of rotatable bonds is 11. The molecule has 0 radical (unpaired) electrons. The van der Waals surface area contributed by atoms with Crippen molar-refractivity contribution in [3.8, 4) is 0 Å². The minimum atomic E-state index is -0.711. The molecule has 1 rings (SSSR count). The maximum Gasteiger partial charge on any atom is 0.410 e. The van der Waals surface area contributed by atoms with Crippen molar-refractivity contribution in [3.63, 3.8) is 0 Å². The molecule has 6 heteroatoms. The quantitative estimate of drug-likeness (QED) is 0.404. The number of ether oxygens (including phenoxy) is 2. The van der Waals surface area contributed by atoms with E-state index in [4.69, 9.17) is 21.1 Å². The predicted molar refractivity (Wildman–Crippen MR) is 103 cm³/mol. The molecule has 0 fully saturated rings. The fourth-order valence-electron chi connectivity index (χ4n) is 2.69. The van der Waals surface area contributed by atoms with E-state index in [1.807, 2.05) is 12.1 Å². The van der Waals surface area contributed by atoms with Crippen molar-refractivity contribution in [1.82, 2.24) is 4.90 Å². The Hall–Kier alpha value is -1.75. The van der Waals surface area contributed by atoms with Crippen molar-refractivity contribution in [1.29, 1.82) is 0 Å². The number of carbonyl (C=O) groups is 2. The number of unbranched alkanes of at least 4 members (excludes halogenated alkanes) is 3. The summed E-state index contributed by atoms with van der Waals surface area (Å²) in [7, 11) is 0. The summed E-state index contributed by atoms with van der Waals surface area (Å²) >= 11 is 5.94. The number of hydrogen-bond donors (Lipinski definition) is 0. The highest BCUT2D eigenvalue weighted by Crippen LogP contribution is 2.17. The third kappa shape index (κ3) is 7.65. The normalized spacial score (nSPS) is 11.7. The molecule has 1 amide bonds. The third-order valence-corrected chi connectivity index (χ3v) is 4.28. The number of benzene rings is 1. The number of carbonyl (C=O) groups excluding carboxylic acids is 2. The van der Waals surface area contributed by atoms with Gasteiger partial charge in [0.05, 0.1) is 13.2 Å². The van der Waals surface area contributed by atoms with Crippen molar-refractivity contribution < 1.29 is 19.1 Å². The van der Waals surface area contributed by atoms with Crippen LogP contribution in [-0.4, -0.2) is 42.8 Å². The van der Waals surface area contributed by atoms with Crippen LogP contribution in [0.15, 0.2) is 24.3 Å². The summed E-state index contributed by atoms with van der Waals surface area (Å²) in [6, 6.07) is 6.55. The van der Waals surface area contributed by atoms with Gasteiger partial charge in [-0.25, -0.2) is 9.59 Å². The smallest absolute Gasteiger partial charge is 0.410 e. The zero-order valence-electron chi connectivity index (χ0n) is 16.0. The van der Waals surface area contributed by atoms with Gasteiger partial charge in [0.15, 0.2) is 0 Å². The van der Waals surface area contributed by atoms with Crippen LogP contribution in [0.2, 0.25) is 5.02 Å². The average molecular weight is 384 g/mol. The van der Waals surface area contributed by atoms with E-state index in [1.165, 1.54) is 4.90 Å². The molecular formula is C20H30ClNO4. The van der Waals surface area contributed by atoms with Gasteiger partial charge < -0.3 is 9.47 Å². The van der Waals surface area contributed by atoms with Gasteiger partial charge in [0.1, 0.15) is 6.04 Å². The minimum absolute atomic E-state index is 0.265. The first-order valence-electron chi connectivity index (χ1n) is 9.37. The van der Waals surface area contributed by atoms with E-state index in [9.17, 15) is 9.59 Å². The first kappa shape index (κ1) is 22.3. The van der Waals surface area contributed by atoms with E-state index in [1.54, 1.807) is 26.0 Å². The molecule has 0 aliphatic heterocycles. The van der Waals surface area contributed by atoms with E-state index in [2.05, 4.69) is 6.92 Å². The number of amides is 1. The van der Waals surface area contributed by atoms with E-state index >= 15 is 0 Å². The molecule has 0 bridgehead atoms. The summed E-state index contributed by atoms with van der Waals surface area (Å²) in [5.41, 5.74) is 0.912. The van der Waals surface area contributed by atoms with Crippen LogP contribution in [0.4, 0.5) is 4.79 Å². The highest BCUT2D eigenvalue weighted by molar-refractivity contribution is 6.30. The second-order valence-corrected chi connectivity index (χ2v) is 6.49. The summed E-state index contributed by atoms with van der Waals surface area (Å²) in [6.45, 7) is 6.64. The Morgan fingerprint density at radius 3 is 2.23 bits per heavy atom. The second kappa shape index (κ2) is 12.6. The second-order valence-electron chi connectivity index (χ2n) is 6.05. The van der Waals surface area contributed by atoms with Gasteiger partial charge in [-0.1, -0.05) is 49.9 Å². The van der Waals surface area contributed by atoms with Crippen molar-refractivity contribution in [2.75, 3.05) is 19.8 Å². The SMILES string of the molecule is CCCCCCN(C(=O)OCC)C(Cc1ccc(Cl)cc1)C(=O)OCC. The fraction of sp³-hybridized carbons (Fsp3) is 0.600. The number of nitrogens with zero attached hydrogens (tertiary/aromatic N) is 1. The Morgan fingerprint density at radius 2 is 1.65 bits per heavy atom.